The Kier molecular flexibility index (Phi) is 4.74. The van der Waals surface area contributed by atoms with Crippen LogP contribution in [0.3, 0.4) is 0 Å². The zero-order valence-corrected chi connectivity index (χ0v) is 15.1. The number of rotatable bonds is 4. The highest BCUT2D eigenvalue weighted by molar-refractivity contribution is 6.30. The quantitative estimate of drug-likeness (QED) is 0.892. The van der Waals surface area contributed by atoms with E-state index in [1.165, 1.54) is 0 Å². The van der Waals surface area contributed by atoms with Crippen molar-refractivity contribution in [3.05, 3.63) is 58.6 Å². The van der Waals surface area contributed by atoms with E-state index in [2.05, 4.69) is 5.32 Å². The number of ether oxygens (including phenoxy) is 3. The molecular formula is C20H20ClNO4. The van der Waals surface area contributed by atoms with Gasteiger partial charge in [-0.1, -0.05) is 29.8 Å². The standard InChI is InChI=1S/C20H20ClNO4/c21-16-4-2-15(3-5-16)20(7-9-24-10-8-20)19(23)22-12-14-1-6-17-18(11-14)26-13-25-17/h1-6,11H,7-10,12-13H2,(H,22,23). The summed E-state index contributed by atoms with van der Waals surface area (Å²) in [4.78, 5) is 13.2. The summed E-state index contributed by atoms with van der Waals surface area (Å²) >= 11 is 6.02. The van der Waals surface area contributed by atoms with Gasteiger partial charge < -0.3 is 19.5 Å². The predicted molar refractivity (Wildman–Crippen MR) is 97.6 cm³/mol. The first-order valence-corrected chi connectivity index (χ1v) is 9.06. The molecule has 2 aliphatic rings. The summed E-state index contributed by atoms with van der Waals surface area (Å²) in [7, 11) is 0. The number of hydrogen-bond donors (Lipinski definition) is 1. The van der Waals surface area contributed by atoms with E-state index in [0.29, 0.717) is 37.6 Å². The zero-order chi connectivity index (χ0) is 18.0. The Labute approximate surface area is 157 Å². The SMILES string of the molecule is O=C(NCc1ccc2c(c1)OCO2)C1(c2ccc(Cl)cc2)CCOCC1. The summed E-state index contributed by atoms with van der Waals surface area (Å²) in [6.07, 6.45) is 1.31. The van der Waals surface area contributed by atoms with Gasteiger partial charge in [0.25, 0.3) is 0 Å². The Morgan fingerprint density at radius 3 is 2.54 bits per heavy atom. The normalized spacial score (nSPS) is 17.7. The van der Waals surface area contributed by atoms with Crippen LogP contribution in [-0.2, 0) is 21.5 Å². The number of carbonyl (C=O) groups is 1. The first-order chi connectivity index (χ1) is 12.7. The maximum atomic E-state index is 13.2. The zero-order valence-electron chi connectivity index (χ0n) is 14.3. The largest absolute Gasteiger partial charge is 0.454 e. The monoisotopic (exact) mass is 373 g/mol. The summed E-state index contributed by atoms with van der Waals surface area (Å²) < 4.78 is 16.2. The van der Waals surface area contributed by atoms with Crippen LogP contribution in [0.15, 0.2) is 42.5 Å². The highest BCUT2D eigenvalue weighted by Gasteiger charge is 2.41. The van der Waals surface area contributed by atoms with Gasteiger partial charge in [-0.15, -0.1) is 0 Å². The lowest BCUT2D eigenvalue weighted by Gasteiger charge is -2.36. The van der Waals surface area contributed by atoms with E-state index < -0.39 is 5.41 Å². The second kappa shape index (κ2) is 7.17. The van der Waals surface area contributed by atoms with E-state index in [0.717, 1.165) is 22.6 Å². The van der Waals surface area contributed by atoms with Crippen LogP contribution in [0, 0.1) is 0 Å². The fraction of sp³-hybridized carbons (Fsp3) is 0.350. The first-order valence-electron chi connectivity index (χ1n) is 8.68. The Balaban J connectivity index is 1.52. The summed E-state index contributed by atoms with van der Waals surface area (Å²) in [5.74, 6) is 1.47. The minimum atomic E-state index is -0.584. The van der Waals surface area contributed by atoms with Crippen LogP contribution in [0.25, 0.3) is 0 Å². The molecule has 0 saturated carbocycles. The van der Waals surface area contributed by atoms with E-state index in [1.54, 1.807) is 0 Å². The average molecular weight is 374 g/mol. The minimum Gasteiger partial charge on any atom is -0.454 e. The lowest BCUT2D eigenvalue weighted by atomic mass is 9.73. The summed E-state index contributed by atoms with van der Waals surface area (Å²) in [5.41, 5.74) is 1.37. The highest BCUT2D eigenvalue weighted by Crippen LogP contribution is 2.36. The van der Waals surface area contributed by atoms with Gasteiger partial charge in [-0.05, 0) is 48.2 Å². The minimum absolute atomic E-state index is 0.0146. The molecule has 1 amide bonds. The van der Waals surface area contributed by atoms with Crippen LogP contribution in [0.4, 0.5) is 0 Å². The molecule has 0 spiro atoms. The van der Waals surface area contributed by atoms with Crippen molar-refractivity contribution in [2.24, 2.45) is 0 Å². The smallest absolute Gasteiger partial charge is 0.231 e. The topological polar surface area (TPSA) is 56.8 Å². The highest BCUT2D eigenvalue weighted by atomic mass is 35.5. The van der Waals surface area contributed by atoms with Crippen LogP contribution in [0.2, 0.25) is 5.02 Å². The molecule has 136 valence electrons. The van der Waals surface area contributed by atoms with Crippen molar-refractivity contribution in [1.82, 2.24) is 5.32 Å². The van der Waals surface area contributed by atoms with Gasteiger partial charge in [0, 0.05) is 24.8 Å². The van der Waals surface area contributed by atoms with Gasteiger partial charge in [0.05, 0.1) is 5.41 Å². The van der Waals surface area contributed by atoms with Crippen molar-refractivity contribution in [2.75, 3.05) is 20.0 Å². The fourth-order valence-corrected chi connectivity index (χ4v) is 3.66. The molecular weight excluding hydrogens is 354 g/mol. The second-order valence-corrected chi connectivity index (χ2v) is 7.01. The number of fused-ring (bicyclic) bond motifs is 1. The molecule has 26 heavy (non-hydrogen) atoms. The van der Waals surface area contributed by atoms with Crippen LogP contribution in [0.1, 0.15) is 24.0 Å². The molecule has 1 fully saturated rings. The van der Waals surface area contributed by atoms with Crippen molar-refractivity contribution in [3.8, 4) is 11.5 Å². The van der Waals surface area contributed by atoms with Crippen molar-refractivity contribution >= 4 is 17.5 Å². The molecule has 1 N–H and O–H groups in total. The third-order valence-corrected chi connectivity index (χ3v) is 5.32. The molecule has 2 aromatic rings. The van der Waals surface area contributed by atoms with Gasteiger partial charge in [-0.2, -0.15) is 0 Å². The van der Waals surface area contributed by atoms with Gasteiger partial charge in [0.1, 0.15) is 0 Å². The summed E-state index contributed by atoms with van der Waals surface area (Å²) in [6.45, 7) is 1.82. The van der Waals surface area contributed by atoms with Gasteiger partial charge in [0.2, 0.25) is 12.7 Å². The van der Waals surface area contributed by atoms with Crippen LogP contribution in [-0.4, -0.2) is 25.9 Å². The molecule has 2 aliphatic heterocycles. The molecule has 2 heterocycles. The Morgan fingerprint density at radius 2 is 1.77 bits per heavy atom. The van der Waals surface area contributed by atoms with E-state index in [9.17, 15) is 4.79 Å². The maximum Gasteiger partial charge on any atom is 0.231 e. The van der Waals surface area contributed by atoms with E-state index in [4.69, 9.17) is 25.8 Å². The van der Waals surface area contributed by atoms with E-state index in [1.807, 2.05) is 42.5 Å². The number of amides is 1. The summed E-state index contributed by atoms with van der Waals surface area (Å²) in [6, 6.07) is 13.3. The van der Waals surface area contributed by atoms with Gasteiger partial charge in [-0.3, -0.25) is 4.79 Å². The van der Waals surface area contributed by atoms with Gasteiger partial charge in [0.15, 0.2) is 11.5 Å². The number of halogens is 1. The van der Waals surface area contributed by atoms with Crippen molar-refractivity contribution in [3.63, 3.8) is 0 Å². The molecule has 0 aromatic heterocycles. The number of benzene rings is 2. The molecule has 0 radical (unpaired) electrons. The van der Waals surface area contributed by atoms with Gasteiger partial charge >= 0.3 is 0 Å². The molecule has 5 nitrogen and oxygen atoms in total. The third kappa shape index (κ3) is 3.24. The number of hydrogen-bond acceptors (Lipinski definition) is 4. The number of carbonyl (C=O) groups excluding carboxylic acids is 1. The molecule has 0 aliphatic carbocycles. The summed E-state index contributed by atoms with van der Waals surface area (Å²) in [5, 5.41) is 3.75. The maximum absolute atomic E-state index is 13.2. The third-order valence-electron chi connectivity index (χ3n) is 5.07. The molecule has 0 unspecified atom stereocenters. The van der Waals surface area contributed by atoms with E-state index >= 15 is 0 Å². The Morgan fingerprint density at radius 1 is 1.04 bits per heavy atom. The van der Waals surface area contributed by atoms with Crippen LogP contribution >= 0.6 is 11.6 Å². The second-order valence-electron chi connectivity index (χ2n) is 6.57. The molecule has 4 rings (SSSR count). The van der Waals surface area contributed by atoms with Crippen molar-refractivity contribution in [1.29, 1.82) is 0 Å². The molecule has 1 saturated heterocycles. The number of nitrogens with one attached hydrogen (secondary N) is 1. The molecule has 6 heteroatoms. The molecule has 2 aromatic carbocycles. The molecule has 0 bridgehead atoms. The Bertz CT molecular complexity index is 800. The average Bonchev–Trinajstić information content (AvgIpc) is 3.15. The lowest BCUT2D eigenvalue weighted by Crippen LogP contribution is -2.47. The fourth-order valence-electron chi connectivity index (χ4n) is 3.54. The van der Waals surface area contributed by atoms with E-state index in [-0.39, 0.29) is 12.7 Å². The predicted octanol–water partition coefficient (Wildman–Crippen LogP) is 3.43. The van der Waals surface area contributed by atoms with Crippen LogP contribution < -0.4 is 14.8 Å². The molecule has 0 atom stereocenters. The van der Waals surface area contributed by atoms with Gasteiger partial charge in [-0.25, -0.2) is 0 Å². The van der Waals surface area contributed by atoms with Crippen LogP contribution in [0.5, 0.6) is 11.5 Å². The van der Waals surface area contributed by atoms with Crippen molar-refractivity contribution in [2.45, 2.75) is 24.8 Å². The first kappa shape index (κ1) is 17.2. The van der Waals surface area contributed by atoms with Crippen molar-refractivity contribution < 1.29 is 19.0 Å². The lowest BCUT2D eigenvalue weighted by molar-refractivity contribution is -0.130. The Hall–Kier alpha value is -2.24.